The molecular formula is C24H22N4O6. The van der Waals surface area contributed by atoms with Crippen LogP contribution in [-0.2, 0) is 11.8 Å². The van der Waals surface area contributed by atoms with Crippen molar-refractivity contribution in [3.63, 3.8) is 0 Å². The van der Waals surface area contributed by atoms with Crippen molar-refractivity contribution in [2.24, 2.45) is 12.0 Å². The van der Waals surface area contributed by atoms with Crippen molar-refractivity contribution in [3.8, 4) is 11.5 Å². The molecular weight excluding hydrogens is 440 g/mol. The maximum absolute atomic E-state index is 13.2. The van der Waals surface area contributed by atoms with E-state index in [4.69, 9.17) is 14.2 Å². The Morgan fingerprint density at radius 3 is 2.56 bits per heavy atom. The van der Waals surface area contributed by atoms with Crippen LogP contribution in [0.4, 0.5) is 0 Å². The van der Waals surface area contributed by atoms with Gasteiger partial charge in [-0.05, 0) is 37.3 Å². The fraction of sp³-hybridized carbons (Fsp3) is 0.208. The quantitative estimate of drug-likeness (QED) is 0.330. The van der Waals surface area contributed by atoms with E-state index in [1.54, 1.807) is 50.5 Å². The highest BCUT2D eigenvalue weighted by Crippen LogP contribution is 2.31. The van der Waals surface area contributed by atoms with Gasteiger partial charge < -0.3 is 18.8 Å². The van der Waals surface area contributed by atoms with E-state index in [2.05, 4.69) is 9.98 Å². The molecule has 3 aromatic heterocycles. The highest BCUT2D eigenvalue weighted by Gasteiger charge is 2.21. The predicted molar refractivity (Wildman–Crippen MR) is 123 cm³/mol. The molecule has 1 aromatic carbocycles. The number of carbonyl (C=O) groups excluding carboxylic acids is 2. The van der Waals surface area contributed by atoms with Crippen molar-refractivity contribution >= 4 is 28.6 Å². The molecule has 10 nitrogen and oxygen atoms in total. The minimum Gasteiger partial charge on any atom is -0.493 e. The third-order valence-corrected chi connectivity index (χ3v) is 5.25. The zero-order valence-corrected chi connectivity index (χ0v) is 19.1. The molecule has 0 N–H and O–H groups in total. The van der Waals surface area contributed by atoms with Gasteiger partial charge in [-0.2, -0.15) is 4.99 Å². The maximum atomic E-state index is 13.2. The van der Waals surface area contributed by atoms with E-state index in [0.717, 1.165) is 0 Å². The van der Waals surface area contributed by atoms with Crippen LogP contribution in [0.25, 0.3) is 16.7 Å². The summed E-state index contributed by atoms with van der Waals surface area (Å²) in [5.74, 6) is -0.823. The summed E-state index contributed by atoms with van der Waals surface area (Å²) >= 11 is 0. The molecule has 0 aliphatic rings. The highest BCUT2D eigenvalue weighted by atomic mass is 16.5. The smallest absolute Gasteiger partial charge is 0.341 e. The molecule has 0 aliphatic carbocycles. The Morgan fingerprint density at radius 2 is 1.85 bits per heavy atom. The lowest BCUT2D eigenvalue weighted by molar-refractivity contribution is 0.0523. The number of ether oxygens (including phenoxy) is 3. The number of hydrogen-bond acceptors (Lipinski definition) is 7. The third kappa shape index (κ3) is 3.79. The first kappa shape index (κ1) is 22.7. The molecule has 4 rings (SSSR count). The summed E-state index contributed by atoms with van der Waals surface area (Å²) in [6.07, 6.45) is 1.59. The van der Waals surface area contributed by atoms with Crippen molar-refractivity contribution in [2.45, 2.75) is 6.92 Å². The Labute approximate surface area is 193 Å². The molecule has 34 heavy (non-hydrogen) atoms. The number of benzene rings is 1. The number of esters is 1. The Hall–Kier alpha value is -4.47. The van der Waals surface area contributed by atoms with Crippen LogP contribution in [0, 0.1) is 0 Å². The van der Waals surface area contributed by atoms with Gasteiger partial charge in [-0.1, -0.05) is 12.1 Å². The zero-order valence-electron chi connectivity index (χ0n) is 19.1. The molecule has 0 unspecified atom stereocenters. The standard InChI is InChI=1S/C24H22N4O6/c1-5-34-24(31)16-13-15-20(25-18-11-6-7-12-28(18)23(15)30)27(2)21(16)26-22(29)14-9-8-10-17(32-3)19(14)33-4/h6-13H,5H2,1-4H3. The molecule has 4 aromatic rings. The number of rotatable bonds is 5. The Kier molecular flexibility index (Phi) is 6.13. The maximum Gasteiger partial charge on any atom is 0.341 e. The van der Waals surface area contributed by atoms with Crippen LogP contribution in [0.1, 0.15) is 27.6 Å². The SMILES string of the molecule is CCOC(=O)c1cc2c(=O)n3ccccc3nc2n(C)c1=NC(=O)c1cccc(OC)c1OC. The van der Waals surface area contributed by atoms with Crippen molar-refractivity contribution in [2.75, 3.05) is 20.8 Å². The van der Waals surface area contributed by atoms with Crippen molar-refractivity contribution in [3.05, 3.63) is 75.6 Å². The average Bonchev–Trinajstić information content (AvgIpc) is 2.85. The van der Waals surface area contributed by atoms with E-state index in [1.165, 1.54) is 35.3 Å². The lowest BCUT2D eigenvalue weighted by Crippen LogP contribution is -2.31. The second-order valence-electron chi connectivity index (χ2n) is 7.20. The summed E-state index contributed by atoms with van der Waals surface area (Å²) in [5, 5.41) is 0.180. The minimum atomic E-state index is -0.721. The number of aryl methyl sites for hydroxylation is 1. The Morgan fingerprint density at radius 1 is 1.06 bits per heavy atom. The summed E-state index contributed by atoms with van der Waals surface area (Å²) in [7, 11) is 4.45. The number of aromatic nitrogens is 3. The van der Waals surface area contributed by atoms with Crippen LogP contribution in [0.2, 0.25) is 0 Å². The van der Waals surface area contributed by atoms with Gasteiger partial charge in [0.15, 0.2) is 17.0 Å². The fourth-order valence-electron chi connectivity index (χ4n) is 3.67. The lowest BCUT2D eigenvalue weighted by atomic mass is 10.1. The van der Waals surface area contributed by atoms with E-state index in [0.29, 0.717) is 11.4 Å². The molecule has 0 saturated heterocycles. The van der Waals surface area contributed by atoms with Crippen LogP contribution in [0.3, 0.4) is 0 Å². The van der Waals surface area contributed by atoms with Gasteiger partial charge in [0.25, 0.3) is 11.5 Å². The number of pyridine rings is 2. The second-order valence-corrected chi connectivity index (χ2v) is 7.20. The number of hydrogen-bond donors (Lipinski definition) is 0. The molecule has 0 aliphatic heterocycles. The molecule has 0 spiro atoms. The fourth-order valence-corrected chi connectivity index (χ4v) is 3.67. The van der Waals surface area contributed by atoms with E-state index in [1.807, 2.05) is 0 Å². The van der Waals surface area contributed by atoms with Gasteiger partial charge in [-0.3, -0.25) is 14.0 Å². The third-order valence-electron chi connectivity index (χ3n) is 5.25. The summed E-state index contributed by atoms with van der Waals surface area (Å²) in [6, 6.07) is 11.3. The molecule has 3 heterocycles. The summed E-state index contributed by atoms with van der Waals surface area (Å²) in [6.45, 7) is 1.76. The number of carbonyl (C=O) groups is 2. The highest BCUT2D eigenvalue weighted by molar-refractivity contribution is 5.99. The van der Waals surface area contributed by atoms with Gasteiger partial charge in [0.2, 0.25) is 0 Å². The van der Waals surface area contributed by atoms with E-state index < -0.39 is 11.9 Å². The van der Waals surface area contributed by atoms with Crippen LogP contribution < -0.4 is 20.5 Å². The van der Waals surface area contributed by atoms with Gasteiger partial charge in [0.1, 0.15) is 16.9 Å². The van der Waals surface area contributed by atoms with Crippen molar-refractivity contribution in [1.29, 1.82) is 0 Å². The minimum absolute atomic E-state index is 0.00648. The number of para-hydroxylation sites is 1. The molecule has 0 bridgehead atoms. The number of nitrogens with zero attached hydrogens (tertiary/aromatic N) is 4. The predicted octanol–water partition coefficient (Wildman–Crippen LogP) is 2.12. The van der Waals surface area contributed by atoms with Crippen LogP contribution in [-0.4, -0.2) is 46.7 Å². The van der Waals surface area contributed by atoms with E-state index >= 15 is 0 Å². The average molecular weight is 462 g/mol. The number of methoxy groups -OCH3 is 2. The zero-order chi connectivity index (χ0) is 24.4. The first-order valence-electron chi connectivity index (χ1n) is 10.4. The van der Waals surface area contributed by atoms with Gasteiger partial charge in [0, 0.05) is 13.2 Å². The second kappa shape index (κ2) is 9.18. The van der Waals surface area contributed by atoms with Crippen LogP contribution in [0.5, 0.6) is 11.5 Å². The molecule has 0 saturated carbocycles. The lowest BCUT2D eigenvalue weighted by Gasteiger charge is -2.12. The molecule has 1 amide bonds. The van der Waals surface area contributed by atoms with Crippen LogP contribution in [0.15, 0.2) is 58.4 Å². The van der Waals surface area contributed by atoms with Gasteiger partial charge in [-0.25, -0.2) is 9.78 Å². The first-order valence-corrected chi connectivity index (χ1v) is 10.4. The molecule has 0 atom stereocenters. The van der Waals surface area contributed by atoms with Crippen LogP contribution >= 0.6 is 0 Å². The van der Waals surface area contributed by atoms with Crippen molar-refractivity contribution in [1.82, 2.24) is 14.0 Å². The van der Waals surface area contributed by atoms with Gasteiger partial charge >= 0.3 is 5.97 Å². The summed E-state index contributed by atoms with van der Waals surface area (Å²) in [4.78, 5) is 47.9. The molecule has 10 heteroatoms. The topological polar surface area (TPSA) is 113 Å². The molecule has 0 radical (unpaired) electrons. The number of fused-ring (bicyclic) bond motifs is 2. The Bertz CT molecular complexity index is 1570. The normalized spacial score (nSPS) is 11.6. The summed E-state index contributed by atoms with van der Waals surface area (Å²) < 4.78 is 18.6. The van der Waals surface area contributed by atoms with E-state index in [-0.39, 0.29) is 45.6 Å². The van der Waals surface area contributed by atoms with E-state index in [9.17, 15) is 14.4 Å². The summed E-state index contributed by atoms with van der Waals surface area (Å²) in [5.41, 5.74) is 0.395. The number of amides is 1. The monoisotopic (exact) mass is 462 g/mol. The molecule has 174 valence electrons. The Balaban J connectivity index is 2.06. The van der Waals surface area contributed by atoms with Gasteiger partial charge in [0.05, 0.1) is 31.8 Å². The largest absolute Gasteiger partial charge is 0.493 e. The molecule has 0 fully saturated rings. The van der Waals surface area contributed by atoms with Gasteiger partial charge in [-0.15, -0.1) is 0 Å². The van der Waals surface area contributed by atoms with Crippen molar-refractivity contribution < 1.29 is 23.8 Å². The first-order chi connectivity index (χ1) is 16.4.